The summed E-state index contributed by atoms with van der Waals surface area (Å²) in [7, 11) is 0. The van der Waals surface area contributed by atoms with Gasteiger partial charge in [0.05, 0.1) is 0 Å². The van der Waals surface area contributed by atoms with Crippen LogP contribution in [0.15, 0.2) is 29.3 Å². The first kappa shape index (κ1) is 10.9. The van der Waals surface area contributed by atoms with Crippen LogP contribution in [-0.2, 0) is 0 Å². The molecule has 0 unspecified atom stereocenters. The van der Waals surface area contributed by atoms with Crippen molar-refractivity contribution in [3.05, 3.63) is 35.4 Å². The molecule has 1 heterocycles. The van der Waals surface area contributed by atoms with Gasteiger partial charge in [-0.3, -0.25) is 0 Å². The Bertz CT molecular complexity index is 372. The summed E-state index contributed by atoms with van der Waals surface area (Å²) in [6.07, 6.45) is 0.321. The number of rotatable bonds is 1. The molecule has 1 aliphatic rings. The summed E-state index contributed by atoms with van der Waals surface area (Å²) in [5, 5.41) is 9.59. The first-order valence-corrected chi connectivity index (χ1v) is 6.99. The maximum atomic E-state index is 9.59. The van der Waals surface area contributed by atoms with E-state index in [-0.39, 0.29) is 0 Å². The van der Waals surface area contributed by atoms with Gasteiger partial charge >= 0.3 is 96.4 Å². The Morgan fingerprint density at radius 3 is 2.60 bits per heavy atom. The molecule has 0 spiro atoms. The van der Waals surface area contributed by atoms with Crippen LogP contribution in [0.25, 0.3) is 0 Å². The number of hydrogen-bond donors (Lipinski definition) is 1. The van der Waals surface area contributed by atoms with E-state index in [4.69, 9.17) is 0 Å². The zero-order valence-corrected chi connectivity index (χ0v) is 10.7. The molecule has 2 atom stereocenters. The Morgan fingerprint density at radius 2 is 2.00 bits per heavy atom. The van der Waals surface area contributed by atoms with Crippen molar-refractivity contribution in [1.82, 2.24) is 0 Å². The van der Waals surface area contributed by atoms with Gasteiger partial charge in [-0.25, -0.2) is 0 Å². The molecular formula is C12H15NOSe. The van der Waals surface area contributed by atoms with Crippen molar-refractivity contribution < 1.29 is 5.11 Å². The molecule has 15 heavy (non-hydrogen) atoms. The van der Waals surface area contributed by atoms with Gasteiger partial charge in [-0.05, 0) is 0 Å². The van der Waals surface area contributed by atoms with E-state index in [1.807, 2.05) is 0 Å². The van der Waals surface area contributed by atoms with Crippen LogP contribution in [0.4, 0.5) is 0 Å². The van der Waals surface area contributed by atoms with Crippen LogP contribution in [-0.4, -0.2) is 30.9 Å². The summed E-state index contributed by atoms with van der Waals surface area (Å²) in [5.74, 6) is 0. The number of nitrogens with zero attached hydrogens (tertiary/aromatic N) is 1. The van der Waals surface area contributed by atoms with Crippen molar-refractivity contribution in [1.29, 1.82) is 0 Å². The quantitative estimate of drug-likeness (QED) is 0.776. The fourth-order valence-electron chi connectivity index (χ4n) is 1.59. The van der Waals surface area contributed by atoms with Crippen molar-refractivity contribution >= 4 is 19.6 Å². The van der Waals surface area contributed by atoms with Crippen LogP contribution in [0.5, 0.6) is 0 Å². The number of aliphatic hydroxyl groups excluding tert-OH is 1. The third-order valence-corrected chi connectivity index (χ3v) is 4.85. The van der Waals surface area contributed by atoms with Gasteiger partial charge in [0, 0.05) is 0 Å². The molecule has 0 aliphatic carbocycles. The molecule has 2 rings (SSSR count). The molecule has 2 nitrogen and oxygen atoms in total. The maximum absolute atomic E-state index is 9.59. The Hall–Kier alpha value is -0.631. The fourth-order valence-corrected chi connectivity index (χ4v) is 3.91. The van der Waals surface area contributed by atoms with E-state index in [0.29, 0.717) is 19.8 Å². The van der Waals surface area contributed by atoms with Gasteiger partial charge in [-0.15, -0.1) is 0 Å². The van der Waals surface area contributed by atoms with Crippen LogP contribution in [0.3, 0.4) is 0 Å². The van der Waals surface area contributed by atoms with Gasteiger partial charge in [-0.1, -0.05) is 0 Å². The average Bonchev–Trinajstić information content (AvgIpc) is 2.17. The van der Waals surface area contributed by atoms with Crippen LogP contribution >= 0.6 is 0 Å². The van der Waals surface area contributed by atoms with Crippen molar-refractivity contribution in [2.24, 2.45) is 4.99 Å². The third kappa shape index (κ3) is 2.69. The summed E-state index contributed by atoms with van der Waals surface area (Å²) in [4.78, 5) is 4.92. The first-order chi connectivity index (χ1) is 7.15. The molecule has 3 heteroatoms. The molecule has 0 saturated heterocycles. The van der Waals surface area contributed by atoms with Gasteiger partial charge in [0.2, 0.25) is 0 Å². The van der Waals surface area contributed by atoms with E-state index < -0.39 is 6.23 Å². The molecule has 80 valence electrons. The molecular weight excluding hydrogens is 253 g/mol. The van der Waals surface area contributed by atoms with Crippen molar-refractivity contribution in [2.45, 2.75) is 31.3 Å². The molecule has 1 N–H and O–H groups in total. The summed E-state index contributed by atoms with van der Waals surface area (Å²) < 4.78 is 1.11. The SMILES string of the molecule is Cc1ccc(C2=N[C@H](O)C[C@@H](C)[Se]2)cc1. The van der Waals surface area contributed by atoms with Gasteiger partial charge in [0.25, 0.3) is 0 Å². The number of aryl methyl sites for hydroxylation is 1. The molecule has 0 saturated carbocycles. The zero-order chi connectivity index (χ0) is 10.8. The molecule has 1 aliphatic heterocycles. The molecule has 0 amide bonds. The minimum absolute atomic E-state index is 0.397. The van der Waals surface area contributed by atoms with Gasteiger partial charge in [0.15, 0.2) is 0 Å². The predicted octanol–water partition coefficient (Wildman–Crippen LogP) is 1.98. The molecule has 0 bridgehead atoms. The van der Waals surface area contributed by atoms with Crippen molar-refractivity contribution in [3.8, 4) is 0 Å². The molecule has 0 fully saturated rings. The first-order valence-electron chi connectivity index (χ1n) is 5.15. The standard InChI is InChI=1S/C12H15NOSe/c1-8-3-5-10(6-4-8)12-13-11(14)7-9(2)15-12/h3-6,9,11,14H,7H2,1-2H3/t9-,11-/m1/s1. The molecule has 0 radical (unpaired) electrons. The Morgan fingerprint density at radius 1 is 1.33 bits per heavy atom. The zero-order valence-electron chi connectivity index (χ0n) is 8.97. The normalized spacial score (nSPS) is 26.2. The average molecular weight is 268 g/mol. The molecule has 1 aromatic carbocycles. The van der Waals surface area contributed by atoms with E-state index in [0.717, 1.165) is 11.0 Å². The van der Waals surface area contributed by atoms with Crippen LogP contribution in [0, 0.1) is 6.92 Å². The van der Waals surface area contributed by atoms with Crippen molar-refractivity contribution in [3.63, 3.8) is 0 Å². The third-order valence-electron chi connectivity index (χ3n) is 2.42. The second-order valence-electron chi connectivity index (χ2n) is 3.95. The number of aliphatic imine (C=N–C) groups is 1. The van der Waals surface area contributed by atoms with E-state index in [1.54, 1.807) is 0 Å². The van der Waals surface area contributed by atoms with Gasteiger partial charge in [-0.2, -0.15) is 0 Å². The molecule has 1 aromatic rings. The van der Waals surface area contributed by atoms with Gasteiger partial charge in [0.1, 0.15) is 0 Å². The Labute approximate surface area is 96.6 Å². The Balaban J connectivity index is 2.26. The monoisotopic (exact) mass is 269 g/mol. The van der Waals surface area contributed by atoms with E-state index in [2.05, 4.69) is 43.1 Å². The second kappa shape index (κ2) is 4.48. The summed E-state index contributed by atoms with van der Waals surface area (Å²) in [5.41, 5.74) is 2.43. The second-order valence-corrected chi connectivity index (χ2v) is 6.94. The number of hydrogen-bond acceptors (Lipinski definition) is 2. The van der Waals surface area contributed by atoms with Crippen LogP contribution in [0.1, 0.15) is 24.5 Å². The van der Waals surface area contributed by atoms with Crippen LogP contribution < -0.4 is 0 Å². The van der Waals surface area contributed by atoms with Crippen molar-refractivity contribution in [2.75, 3.05) is 0 Å². The molecule has 0 aromatic heterocycles. The van der Waals surface area contributed by atoms with Crippen LogP contribution in [0.2, 0.25) is 4.82 Å². The van der Waals surface area contributed by atoms with E-state index in [1.165, 1.54) is 11.1 Å². The summed E-state index contributed by atoms with van der Waals surface area (Å²) in [6, 6.07) is 8.39. The number of aliphatic hydroxyl groups is 1. The number of benzene rings is 1. The van der Waals surface area contributed by atoms with Gasteiger partial charge < -0.3 is 0 Å². The minimum atomic E-state index is -0.494. The Kier molecular flexibility index (Phi) is 3.25. The van der Waals surface area contributed by atoms with E-state index >= 15 is 0 Å². The van der Waals surface area contributed by atoms with E-state index in [9.17, 15) is 5.11 Å². The predicted molar refractivity (Wildman–Crippen MR) is 63.5 cm³/mol. The topological polar surface area (TPSA) is 32.6 Å². The summed E-state index contributed by atoms with van der Waals surface area (Å²) >= 11 is 0.397. The fraction of sp³-hybridized carbons (Fsp3) is 0.417. The summed E-state index contributed by atoms with van der Waals surface area (Å²) in [6.45, 7) is 4.27.